The number of carbonyl (C=O) groups excluding carboxylic acids is 1. The van der Waals surface area contributed by atoms with Gasteiger partial charge in [0.15, 0.2) is 11.3 Å². The number of fused-ring (bicyclic) bond motifs is 1. The molecule has 0 radical (unpaired) electrons. The van der Waals surface area contributed by atoms with Gasteiger partial charge in [0.1, 0.15) is 17.9 Å². The number of ether oxygens (including phenoxy) is 2. The number of esters is 1. The molecule has 0 amide bonds. The number of pyridine rings is 2. The Morgan fingerprint density at radius 1 is 1.06 bits per heavy atom. The van der Waals surface area contributed by atoms with Gasteiger partial charge >= 0.3 is 5.97 Å². The highest BCUT2D eigenvalue weighted by Crippen LogP contribution is 2.34. The Bertz CT molecular complexity index is 1420. The summed E-state index contributed by atoms with van der Waals surface area (Å²) in [6.45, 7) is 4.07. The smallest absolute Gasteiger partial charge is 0.347 e. The first kappa shape index (κ1) is 24.6. The Hall–Kier alpha value is -3.52. The summed E-state index contributed by atoms with van der Waals surface area (Å²) in [7, 11) is 0. The summed E-state index contributed by atoms with van der Waals surface area (Å²) in [5.41, 5.74) is 2.78. The van der Waals surface area contributed by atoms with Gasteiger partial charge in [-0.2, -0.15) is 0 Å². The monoisotopic (exact) mass is 538 g/mol. The third kappa shape index (κ3) is 5.12. The maximum atomic E-state index is 13.5. The zero-order chi connectivity index (χ0) is 24.9. The minimum Gasteiger partial charge on any atom is -0.485 e. The molecule has 0 saturated carbocycles. The number of aryl methyl sites for hydroxylation is 1. The minimum absolute atomic E-state index is 0.0889. The lowest BCUT2D eigenvalue weighted by molar-refractivity contribution is 0.0518. The predicted octanol–water partition coefficient (Wildman–Crippen LogP) is 5.66. The highest BCUT2D eigenvalue weighted by molar-refractivity contribution is 9.10. The van der Waals surface area contributed by atoms with Crippen molar-refractivity contribution in [2.45, 2.75) is 33.4 Å². The third-order valence-corrected chi connectivity index (χ3v) is 6.45. The van der Waals surface area contributed by atoms with E-state index in [1.54, 1.807) is 25.3 Å². The van der Waals surface area contributed by atoms with E-state index >= 15 is 0 Å². The highest BCUT2D eigenvalue weighted by Gasteiger charge is 2.27. The van der Waals surface area contributed by atoms with Gasteiger partial charge in [0.2, 0.25) is 0 Å². The number of aromatic nitrogens is 2. The highest BCUT2D eigenvalue weighted by atomic mass is 79.9. The molecule has 0 unspecified atom stereocenters. The maximum Gasteiger partial charge on any atom is 0.347 e. The van der Waals surface area contributed by atoms with E-state index in [1.165, 1.54) is 16.7 Å². The molecule has 0 saturated heterocycles. The van der Waals surface area contributed by atoms with E-state index in [0.717, 1.165) is 16.7 Å². The molecule has 0 aliphatic carbocycles. The van der Waals surface area contributed by atoms with Gasteiger partial charge in [-0.1, -0.05) is 42.5 Å². The molecule has 4 rings (SSSR count). The molecule has 2 heterocycles. The Morgan fingerprint density at radius 2 is 1.77 bits per heavy atom. The van der Waals surface area contributed by atoms with Gasteiger partial charge < -0.3 is 14.0 Å². The van der Waals surface area contributed by atoms with Crippen LogP contribution in [-0.2, 0) is 24.3 Å². The molecule has 2 aromatic carbocycles. The van der Waals surface area contributed by atoms with Crippen LogP contribution in [0.25, 0.3) is 11.0 Å². The van der Waals surface area contributed by atoms with Crippen molar-refractivity contribution >= 4 is 32.9 Å². The van der Waals surface area contributed by atoms with Crippen LogP contribution in [0.5, 0.6) is 5.75 Å². The summed E-state index contributed by atoms with van der Waals surface area (Å²) < 4.78 is 26.8. The Morgan fingerprint density at radius 3 is 2.43 bits per heavy atom. The first-order valence-corrected chi connectivity index (χ1v) is 12.1. The summed E-state index contributed by atoms with van der Waals surface area (Å²) in [6, 6.07) is 15.7. The van der Waals surface area contributed by atoms with Crippen molar-refractivity contribution in [2.24, 2.45) is 0 Å². The van der Waals surface area contributed by atoms with Crippen molar-refractivity contribution in [3.8, 4) is 5.75 Å². The standard InChI is InChI=1S/C27H24BrFN2O4/c1-3-31-24-22(28)19(14-17-10-12-20(29)13-11-17)15-30-23(24)25(21(26(31)32)27(33)34-4-2)35-16-18-8-6-5-7-9-18/h5-13,15H,3-4,14,16H2,1-2H3. The normalized spacial score (nSPS) is 11.0. The average Bonchev–Trinajstić information content (AvgIpc) is 2.86. The van der Waals surface area contributed by atoms with E-state index in [-0.39, 0.29) is 30.3 Å². The van der Waals surface area contributed by atoms with E-state index < -0.39 is 11.5 Å². The number of hydrogen-bond acceptors (Lipinski definition) is 5. The molecule has 8 heteroatoms. The number of nitrogens with zero attached hydrogens (tertiary/aromatic N) is 2. The number of hydrogen-bond donors (Lipinski definition) is 0. The molecule has 35 heavy (non-hydrogen) atoms. The molecule has 4 aromatic rings. The van der Waals surface area contributed by atoms with Crippen LogP contribution in [0, 0.1) is 5.82 Å². The summed E-state index contributed by atoms with van der Waals surface area (Å²) in [4.78, 5) is 31.0. The zero-order valence-corrected chi connectivity index (χ0v) is 21.0. The van der Waals surface area contributed by atoms with Gasteiger partial charge in [-0.05, 0) is 58.6 Å². The lowest BCUT2D eigenvalue weighted by Crippen LogP contribution is -2.29. The second-order valence-electron chi connectivity index (χ2n) is 7.85. The van der Waals surface area contributed by atoms with Gasteiger partial charge in [0.05, 0.1) is 12.1 Å². The summed E-state index contributed by atoms with van der Waals surface area (Å²) in [5, 5.41) is 0. The van der Waals surface area contributed by atoms with Crippen molar-refractivity contribution in [2.75, 3.05) is 6.61 Å². The van der Waals surface area contributed by atoms with Crippen molar-refractivity contribution in [1.29, 1.82) is 0 Å². The second-order valence-corrected chi connectivity index (χ2v) is 8.64. The van der Waals surface area contributed by atoms with Crippen LogP contribution in [0.3, 0.4) is 0 Å². The Labute approximate surface area is 210 Å². The van der Waals surface area contributed by atoms with Gasteiger partial charge in [0, 0.05) is 23.6 Å². The largest absolute Gasteiger partial charge is 0.485 e. The third-order valence-electron chi connectivity index (χ3n) is 5.56. The topological polar surface area (TPSA) is 70.4 Å². The Balaban J connectivity index is 1.90. The number of benzene rings is 2. The lowest BCUT2D eigenvalue weighted by Gasteiger charge is -2.18. The number of halogens is 2. The van der Waals surface area contributed by atoms with Crippen LogP contribution in [0.4, 0.5) is 4.39 Å². The van der Waals surface area contributed by atoms with Gasteiger partial charge in [-0.15, -0.1) is 0 Å². The van der Waals surface area contributed by atoms with Gasteiger partial charge in [-0.3, -0.25) is 9.78 Å². The maximum absolute atomic E-state index is 13.5. The fourth-order valence-electron chi connectivity index (χ4n) is 3.88. The quantitative estimate of drug-likeness (QED) is 0.270. The molecule has 0 N–H and O–H groups in total. The van der Waals surface area contributed by atoms with Crippen LogP contribution in [0.2, 0.25) is 0 Å². The molecule has 0 bridgehead atoms. The summed E-state index contributed by atoms with van der Waals surface area (Å²) >= 11 is 3.66. The Kier molecular flexibility index (Phi) is 7.60. The minimum atomic E-state index is -0.752. The van der Waals surface area contributed by atoms with Crippen molar-refractivity contribution in [3.05, 3.63) is 104 Å². The van der Waals surface area contributed by atoms with Crippen LogP contribution in [0.15, 0.2) is 70.1 Å². The fraction of sp³-hybridized carbons (Fsp3) is 0.222. The summed E-state index contributed by atoms with van der Waals surface area (Å²) in [6.07, 6.45) is 2.14. The lowest BCUT2D eigenvalue weighted by atomic mass is 10.1. The first-order chi connectivity index (χ1) is 16.9. The molecular weight excluding hydrogens is 515 g/mol. The average molecular weight is 539 g/mol. The van der Waals surface area contributed by atoms with Crippen LogP contribution >= 0.6 is 15.9 Å². The molecule has 0 spiro atoms. The molecule has 0 atom stereocenters. The van der Waals surface area contributed by atoms with Gasteiger partial charge in [-0.25, -0.2) is 9.18 Å². The zero-order valence-electron chi connectivity index (χ0n) is 19.4. The van der Waals surface area contributed by atoms with E-state index in [1.807, 2.05) is 37.3 Å². The molecule has 6 nitrogen and oxygen atoms in total. The molecule has 0 fully saturated rings. The van der Waals surface area contributed by atoms with Crippen LogP contribution in [0.1, 0.15) is 40.9 Å². The number of rotatable bonds is 8. The first-order valence-electron chi connectivity index (χ1n) is 11.3. The SMILES string of the molecule is CCOC(=O)c1c(OCc2ccccc2)c2ncc(Cc3ccc(F)cc3)c(Br)c2n(CC)c1=O. The summed E-state index contributed by atoms with van der Waals surface area (Å²) in [5.74, 6) is -0.972. The predicted molar refractivity (Wildman–Crippen MR) is 135 cm³/mol. The molecule has 180 valence electrons. The van der Waals surface area contributed by atoms with Crippen molar-refractivity contribution in [1.82, 2.24) is 9.55 Å². The molecular formula is C27H24BrFN2O4. The van der Waals surface area contributed by atoms with Gasteiger partial charge in [0.25, 0.3) is 5.56 Å². The van der Waals surface area contributed by atoms with Crippen LogP contribution in [-0.4, -0.2) is 22.1 Å². The van der Waals surface area contributed by atoms with E-state index in [2.05, 4.69) is 20.9 Å². The van der Waals surface area contributed by atoms with Crippen molar-refractivity contribution < 1.29 is 18.7 Å². The van der Waals surface area contributed by atoms with E-state index in [0.29, 0.717) is 28.5 Å². The second kappa shape index (κ2) is 10.8. The number of carbonyl (C=O) groups is 1. The van der Waals surface area contributed by atoms with E-state index in [4.69, 9.17) is 9.47 Å². The molecule has 0 aliphatic rings. The van der Waals surface area contributed by atoms with E-state index in [9.17, 15) is 14.0 Å². The molecule has 0 aliphatic heterocycles. The fourth-order valence-corrected chi connectivity index (χ4v) is 4.53. The molecule has 2 aromatic heterocycles. The van der Waals surface area contributed by atoms with Crippen molar-refractivity contribution in [3.63, 3.8) is 0 Å². The van der Waals surface area contributed by atoms with Crippen LogP contribution < -0.4 is 10.3 Å².